The van der Waals surface area contributed by atoms with Crippen molar-refractivity contribution < 1.29 is 9.66 Å². The van der Waals surface area contributed by atoms with Gasteiger partial charge in [0.2, 0.25) is 0 Å². The molecular formula is C16H19NO2S. The molecule has 4 heteroatoms. The van der Waals surface area contributed by atoms with E-state index in [0.717, 1.165) is 17.7 Å². The normalized spacial score (nSPS) is 12.3. The van der Waals surface area contributed by atoms with Crippen LogP contribution in [0.1, 0.15) is 25.3 Å². The third kappa shape index (κ3) is 3.46. The maximum atomic E-state index is 12.4. The first-order valence-electron chi connectivity index (χ1n) is 6.71. The molecule has 1 atom stereocenters. The molecule has 0 saturated heterocycles. The number of benzene rings is 2. The molecule has 3 nitrogen and oxygen atoms in total. The van der Waals surface area contributed by atoms with Gasteiger partial charge in [0.05, 0.1) is 5.69 Å². The molecule has 0 radical (unpaired) electrons. The van der Waals surface area contributed by atoms with Crippen LogP contribution in [0.3, 0.4) is 0 Å². The molecule has 0 spiro atoms. The molecule has 0 fully saturated rings. The Kier molecular flexibility index (Phi) is 4.93. The van der Waals surface area contributed by atoms with Crippen molar-refractivity contribution in [3.05, 3.63) is 48.0 Å². The van der Waals surface area contributed by atoms with E-state index in [1.165, 1.54) is 18.1 Å². The van der Waals surface area contributed by atoms with E-state index >= 15 is 0 Å². The lowest BCUT2D eigenvalue weighted by Gasteiger charge is -2.11. The maximum Gasteiger partial charge on any atom is 0.160 e. The molecule has 0 bridgehead atoms. The minimum absolute atomic E-state index is 0.0145. The van der Waals surface area contributed by atoms with Crippen molar-refractivity contribution in [3.63, 3.8) is 0 Å². The minimum Gasteiger partial charge on any atom is -0.606 e. The number of phenols is 1. The standard InChI is InChI=1S/C16H19NO2S/c1-2-3-4-12-5-7-13(8-6-12)20(19)14-9-10-16(18)15(17)11-14/h5-11,18H,2-4,17H2,1H3. The van der Waals surface area contributed by atoms with Crippen molar-refractivity contribution in [1.29, 1.82) is 0 Å². The van der Waals surface area contributed by atoms with Crippen LogP contribution in [-0.2, 0) is 17.6 Å². The Morgan fingerprint density at radius 2 is 1.75 bits per heavy atom. The van der Waals surface area contributed by atoms with Crippen LogP contribution in [0.25, 0.3) is 0 Å². The monoisotopic (exact) mass is 289 g/mol. The van der Waals surface area contributed by atoms with Gasteiger partial charge in [0.15, 0.2) is 9.79 Å². The molecule has 2 rings (SSSR count). The van der Waals surface area contributed by atoms with Crippen LogP contribution in [0.15, 0.2) is 52.3 Å². The third-order valence-corrected chi connectivity index (χ3v) is 4.55. The Bertz CT molecular complexity index is 569. The summed E-state index contributed by atoms with van der Waals surface area (Å²) in [4.78, 5) is 1.34. The fourth-order valence-corrected chi connectivity index (χ4v) is 3.03. The quantitative estimate of drug-likeness (QED) is 0.503. The van der Waals surface area contributed by atoms with Crippen molar-refractivity contribution in [2.75, 3.05) is 5.73 Å². The molecule has 0 heterocycles. The van der Waals surface area contributed by atoms with E-state index in [9.17, 15) is 9.66 Å². The van der Waals surface area contributed by atoms with Gasteiger partial charge in [-0.15, -0.1) is 0 Å². The summed E-state index contributed by atoms with van der Waals surface area (Å²) in [5, 5.41) is 9.39. The number of unbranched alkanes of at least 4 members (excludes halogenated alkanes) is 1. The van der Waals surface area contributed by atoms with E-state index in [1.54, 1.807) is 12.1 Å². The van der Waals surface area contributed by atoms with Gasteiger partial charge < -0.3 is 15.4 Å². The van der Waals surface area contributed by atoms with Gasteiger partial charge in [0, 0.05) is 17.2 Å². The van der Waals surface area contributed by atoms with Crippen LogP contribution in [0.4, 0.5) is 5.69 Å². The van der Waals surface area contributed by atoms with Crippen LogP contribution in [-0.4, -0.2) is 9.66 Å². The molecule has 0 saturated carbocycles. The zero-order valence-corrected chi connectivity index (χ0v) is 12.3. The maximum absolute atomic E-state index is 12.4. The third-order valence-electron chi connectivity index (χ3n) is 3.17. The Labute approximate surface area is 122 Å². The second-order valence-corrected chi connectivity index (χ2v) is 6.22. The fraction of sp³-hybridized carbons (Fsp3) is 0.250. The molecule has 0 aliphatic carbocycles. The number of hydrogen-bond donors (Lipinski definition) is 2. The van der Waals surface area contributed by atoms with Gasteiger partial charge in [-0.25, -0.2) is 0 Å². The fourth-order valence-electron chi connectivity index (χ4n) is 1.94. The highest BCUT2D eigenvalue weighted by molar-refractivity contribution is 7.91. The second-order valence-electron chi connectivity index (χ2n) is 4.74. The lowest BCUT2D eigenvalue weighted by molar-refractivity contribution is 0.477. The summed E-state index contributed by atoms with van der Waals surface area (Å²) in [5.41, 5.74) is 7.14. The van der Waals surface area contributed by atoms with E-state index in [4.69, 9.17) is 5.73 Å². The lowest BCUT2D eigenvalue weighted by atomic mass is 10.1. The molecule has 3 N–H and O–H groups in total. The van der Waals surface area contributed by atoms with Gasteiger partial charge in [0.1, 0.15) is 5.75 Å². The average molecular weight is 289 g/mol. The molecule has 2 aromatic rings. The van der Waals surface area contributed by atoms with E-state index in [0.29, 0.717) is 4.90 Å². The van der Waals surface area contributed by atoms with E-state index < -0.39 is 11.2 Å². The molecule has 106 valence electrons. The van der Waals surface area contributed by atoms with Crippen molar-refractivity contribution >= 4 is 16.9 Å². The van der Waals surface area contributed by atoms with Crippen molar-refractivity contribution in [2.45, 2.75) is 36.0 Å². The topological polar surface area (TPSA) is 69.3 Å². The average Bonchev–Trinajstić information content (AvgIpc) is 2.48. The van der Waals surface area contributed by atoms with Crippen molar-refractivity contribution in [1.82, 2.24) is 0 Å². The van der Waals surface area contributed by atoms with Crippen LogP contribution >= 0.6 is 0 Å². The highest BCUT2D eigenvalue weighted by atomic mass is 32.2. The summed E-state index contributed by atoms with van der Waals surface area (Å²) in [6.45, 7) is 2.17. The molecule has 0 amide bonds. The summed E-state index contributed by atoms with van der Waals surface area (Å²) in [5.74, 6) is 0.0145. The van der Waals surface area contributed by atoms with Gasteiger partial charge in [0.25, 0.3) is 0 Å². The summed E-state index contributed by atoms with van der Waals surface area (Å²) in [6, 6.07) is 12.5. The highest BCUT2D eigenvalue weighted by Crippen LogP contribution is 2.27. The highest BCUT2D eigenvalue weighted by Gasteiger charge is 2.16. The van der Waals surface area contributed by atoms with Gasteiger partial charge in [-0.1, -0.05) is 25.5 Å². The number of phenolic OH excluding ortho intramolecular Hbond substituents is 1. The number of nitrogen functional groups attached to an aromatic ring is 1. The first kappa shape index (κ1) is 14.8. The van der Waals surface area contributed by atoms with Crippen LogP contribution in [0.2, 0.25) is 0 Å². The smallest absolute Gasteiger partial charge is 0.160 e. The summed E-state index contributed by atoms with van der Waals surface area (Å²) in [7, 11) is 0. The van der Waals surface area contributed by atoms with Crippen molar-refractivity contribution in [3.8, 4) is 5.75 Å². The largest absolute Gasteiger partial charge is 0.606 e. The van der Waals surface area contributed by atoms with Gasteiger partial charge in [-0.3, -0.25) is 0 Å². The SMILES string of the molecule is CCCCc1ccc([S+]([O-])c2ccc(O)c(N)c2)cc1. The van der Waals surface area contributed by atoms with Crippen LogP contribution < -0.4 is 5.73 Å². The Hall–Kier alpha value is -1.65. The number of rotatable bonds is 5. The number of anilines is 1. The van der Waals surface area contributed by atoms with E-state index in [2.05, 4.69) is 6.92 Å². The molecule has 1 unspecified atom stereocenters. The predicted molar refractivity (Wildman–Crippen MR) is 82.2 cm³/mol. The van der Waals surface area contributed by atoms with Gasteiger partial charge >= 0.3 is 0 Å². The molecule has 20 heavy (non-hydrogen) atoms. The number of hydrogen-bond acceptors (Lipinski definition) is 3. The molecule has 0 aromatic heterocycles. The second kappa shape index (κ2) is 6.68. The van der Waals surface area contributed by atoms with E-state index in [1.807, 2.05) is 24.3 Å². The molecule has 0 aliphatic heterocycles. The lowest BCUT2D eigenvalue weighted by Crippen LogP contribution is -2.03. The Balaban J connectivity index is 2.15. The minimum atomic E-state index is -1.27. The first-order chi connectivity index (χ1) is 9.61. The molecular weight excluding hydrogens is 270 g/mol. The number of nitrogens with two attached hydrogens (primary N) is 1. The predicted octanol–water partition coefficient (Wildman–Crippen LogP) is 3.48. The van der Waals surface area contributed by atoms with Crippen LogP contribution in [0, 0.1) is 0 Å². The Morgan fingerprint density at radius 1 is 1.10 bits per heavy atom. The number of aryl methyl sites for hydroxylation is 1. The first-order valence-corrected chi connectivity index (χ1v) is 7.86. The van der Waals surface area contributed by atoms with Gasteiger partial charge in [-0.2, -0.15) is 0 Å². The summed E-state index contributed by atoms with van der Waals surface area (Å²) >= 11 is -1.27. The Morgan fingerprint density at radius 3 is 2.35 bits per heavy atom. The van der Waals surface area contributed by atoms with E-state index in [-0.39, 0.29) is 11.4 Å². The zero-order valence-electron chi connectivity index (χ0n) is 11.5. The molecule has 2 aromatic carbocycles. The summed E-state index contributed by atoms with van der Waals surface area (Å²) < 4.78 is 12.4. The summed E-state index contributed by atoms with van der Waals surface area (Å²) in [6.07, 6.45) is 3.38. The number of aromatic hydroxyl groups is 1. The van der Waals surface area contributed by atoms with Crippen molar-refractivity contribution in [2.24, 2.45) is 0 Å². The zero-order chi connectivity index (χ0) is 14.5. The van der Waals surface area contributed by atoms with Crippen LogP contribution in [0.5, 0.6) is 5.75 Å². The van der Waals surface area contributed by atoms with Gasteiger partial charge in [-0.05, 0) is 42.7 Å². The molecule has 0 aliphatic rings.